The van der Waals surface area contributed by atoms with E-state index in [1.165, 1.54) is 11.4 Å². The van der Waals surface area contributed by atoms with Crippen LogP contribution in [0, 0.1) is 6.92 Å². The van der Waals surface area contributed by atoms with Gasteiger partial charge in [-0.15, -0.1) is 0 Å². The maximum Gasteiger partial charge on any atom is 0.252 e. The Labute approximate surface area is 165 Å². The monoisotopic (exact) mass is 404 g/mol. The van der Waals surface area contributed by atoms with E-state index in [2.05, 4.69) is 5.32 Å². The van der Waals surface area contributed by atoms with Crippen LogP contribution >= 0.6 is 0 Å². The summed E-state index contributed by atoms with van der Waals surface area (Å²) in [6, 6.07) is 10.4. The Morgan fingerprint density at radius 2 is 1.82 bits per heavy atom. The molecule has 0 radical (unpaired) electrons. The smallest absolute Gasteiger partial charge is 0.252 e. The van der Waals surface area contributed by atoms with Crippen molar-refractivity contribution in [1.29, 1.82) is 0 Å². The summed E-state index contributed by atoms with van der Waals surface area (Å²) in [4.78, 5) is 12.8. The first kappa shape index (κ1) is 20.0. The third-order valence-corrected chi connectivity index (χ3v) is 5.99. The van der Waals surface area contributed by atoms with Crippen molar-refractivity contribution in [3.05, 3.63) is 53.1 Å². The summed E-state index contributed by atoms with van der Waals surface area (Å²) in [5, 5.41) is 2.96. The zero-order chi connectivity index (χ0) is 20.5. The van der Waals surface area contributed by atoms with Gasteiger partial charge in [0.2, 0.25) is 10.0 Å². The van der Waals surface area contributed by atoms with Crippen molar-refractivity contribution in [2.75, 3.05) is 30.8 Å². The highest BCUT2D eigenvalue weighted by atomic mass is 32.2. The molecular weight excluding hydrogens is 380 g/mol. The number of anilines is 1. The highest BCUT2D eigenvalue weighted by molar-refractivity contribution is 7.92. The van der Waals surface area contributed by atoms with Crippen LogP contribution in [0.4, 0.5) is 5.69 Å². The van der Waals surface area contributed by atoms with E-state index in [4.69, 9.17) is 9.47 Å². The van der Waals surface area contributed by atoms with Crippen molar-refractivity contribution >= 4 is 21.6 Å². The van der Waals surface area contributed by atoms with E-state index >= 15 is 0 Å². The van der Waals surface area contributed by atoms with Gasteiger partial charge in [0.1, 0.15) is 13.2 Å². The number of fused-ring (bicyclic) bond motifs is 1. The number of carbonyl (C=O) groups excluding carboxylic acids is 1. The molecule has 0 spiro atoms. The molecule has 3 rings (SSSR count). The molecule has 1 unspecified atom stereocenters. The molecule has 1 N–H and O–H groups in total. The van der Waals surface area contributed by atoms with Crippen LogP contribution in [-0.2, 0) is 10.0 Å². The maximum atomic E-state index is 12.8. The zero-order valence-corrected chi connectivity index (χ0v) is 17.2. The van der Waals surface area contributed by atoms with Crippen LogP contribution in [0.25, 0.3) is 0 Å². The number of hydrogen-bond donors (Lipinski definition) is 1. The average molecular weight is 404 g/mol. The van der Waals surface area contributed by atoms with E-state index in [1.54, 1.807) is 25.1 Å². The first-order chi connectivity index (χ1) is 13.2. The van der Waals surface area contributed by atoms with Crippen LogP contribution in [0.2, 0.25) is 0 Å². The van der Waals surface area contributed by atoms with Crippen LogP contribution in [0.3, 0.4) is 0 Å². The summed E-state index contributed by atoms with van der Waals surface area (Å²) in [7, 11) is -1.95. The third kappa shape index (κ3) is 4.06. The zero-order valence-electron chi connectivity index (χ0n) is 16.4. The lowest BCUT2D eigenvalue weighted by Crippen LogP contribution is -2.29. The molecule has 0 bridgehead atoms. The van der Waals surface area contributed by atoms with Crippen molar-refractivity contribution in [1.82, 2.24) is 5.32 Å². The van der Waals surface area contributed by atoms with Gasteiger partial charge in [0.25, 0.3) is 5.91 Å². The quantitative estimate of drug-likeness (QED) is 0.828. The predicted octanol–water partition coefficient (Wildman–Crippen LogP) is 2.65. The Morgan fingerprint density at radius 3 is 2.50 bits per heavy atom. The van der Waals surface area contributed by atoms with E-state index in [0.29, 0.717) is 41.5 Å². The summed E-state index contributed by atoms with van der Waals surface area (Å²) in [6.07, 6.45) is 1.13. The molecule has 1 aliphatic heterocycles. The lowest BCUT2D eigenvalue weighted by molar-refractivity contribution is 0.0939. The van der Waals surface area contributed by atoms with E-state index in [9.17, 15) is 13.2 Å². The minimum Gasteiger partial charge on any atom is -0.486 e. The average Bonchev–Trinajstić information content (AvgIpc) is 2.66. The summed E-state index contributed by atoms with van der Waals surface area (Å²) < 4.78 is 36.0. The molecule has 8 heteroatoms. The SMILES string of the molecule is Cc1c(C(=O)NC(C)c2ccc3c(c2)OCCO3)cccc1N(C)S(C)(=O)=O. The number of benzene rings is 2. The van der Waals surface area contributed by atoms with Gasteiger partial charge in [-0.25, -0.2) is 8.42 Å². The summed E-state index contributed by atoms with van der Waals surface area (Å²) in [5.74, 6) is 1.09. The molecule has 0 aliphatic carbocycles. The highest BCUT2D eigenvalue weighted by Gasteiger charge is 2.20. The molecule has 1 amide bonds. The molecule has 1 heterocycles. The molecule has 28 heavy (non-hydrogen) atoms. The molecule has 1 aliphatic rings. The number of carbonyl (C=O) groups is 1. The summed E-state index contributed by atoms with van der Waals surface area (Å²) >= 11 is 0. The van der Waals surface area contributed by atoms with E-state index < -0.39 is 10.0 Å². The maximum absolute atomic E-state index is 12.8. The van der Waals surface area contributed by atoms with Crippen molar-refractivity contribution in [3.63, 3.8) is 0 Å². The predicted molar refractivity (Wildman–Crippen MR) is 108 cm³/mol. The Morgan fingerprint density at radius 1 is 1.14 bits per heavy atom. The van der Waals surface area contributed by atoms with Gasteiger partial charge in [0.15, 0.2) is 11.5 Å². The fraction of sp³-hybridized carbons (Fsp3) is 0.350. The molecule has 0 saturated carbocycles. The molecule has 0 fully saturated rings. The number of ether oxygens (including phenoxy) is 2. The van der Waals surface area contributed by atoms with Crippen molar-refractivity contribution in [3.8, 4) is 11.5 Å². The lowest BCUT2D eigenvalue weighted by atomic mass is 10.0. The van der Waals surface area contributed by atoms with Crippen LogP contribution in [0.1, 0.15) is 34.5 Å². The molecule has 0 aromatic heterocycles. The second-order valence-electron chi connectivity index (χ2n) is 6.78. The lowest BCUT2D eigenvalue weighted by Gasteiger charge is -2.22. The van der Waals surface area contributed by atoms with E-state index in [1.807, 2.05) is 25.1 Å². The number of nitrogens with zero attached hydrogens (tertiary/aromatic N) is 1. The first-order valence-electron chi connectivity index (χ1n) is 8.92. The van der Waals surface area contributed by atoms with Gasteiger partial charge < -0.3 is 14.8 Å². The van der Waals surface area contributed by atoms with E-state index in [0.717, 1.165) is 11.8 Å². The molecule has 7 nitrogen and oxygen atoms in total. The summed E-state index contributed by atoms with van der Waals surface area (Å²) in [5.41, 5.74) is 2.39. The second-order valence-corrected chi connectivity index (χ2v) is 8.79. The molecule has 1 atom stereocenters. The Hall–Kier alpha value is -2.74. The number of rotatable bonds is 5. The third-order valence-electron chi connectivity index (χ3n) is 4.80. The van der Waals surface area contributed by atoms with Crippen molar-refractivity contribution in [2.45, 2.75) is 19.9 Å². The van der Waals surface area contributed by atoms with E-state index in [-0.39, 0.29) is 11.9 Å². The van der Waals surface area contributed by atoms with Gasteiger partial charge in [-0.3, -0.25) is 9.10 Å². The topological polar surface area (TPSA) is 84.9 Å². The molecule has 2 aromatic carbocycles. The van der Waals surface area contributed by atoms with Crippen LogP contribution in [-0.4, -0.2) is 40.8 Å². The van der Waals surface area contributed by atoms with Crippen LogP contribution < -0.4 is 19.1 Å². The normalized spacial score (nSPS) is 14.3. The van der Waals surface area contributed by atoms with Crippen molar-refractivity contribution < 1.29 is 22.7 Å². The number of sulfonamides is 1. The number of hydrogen-bond acceptors (Lipinski definition) is 5. The minimum absolute atomic E-state index is 0.265. The van der Waals surface area contributed by atoms with Gasteiger partial charge in [-0.1, -0.05) is 12.1 Å². The van der Waals surface area contributed by atoms with Gasteiger partial charge in [-0.05, 0) is 49.2 Å². The van der Waals surface area contributed by atoms with Gasteiger partial charge in [0.05, 0.1) is 18.0 Å². The largest absolute Gasteiger partial charge is 0.486 e. The number of nitrogens with one attached hydrogen (secondary N) is 1. The summed E-state index contributed by atoms with van der Waals surface area (Å²) in [6.45, 7) is 4.64. The standard InChI is InChI=1S/C20H24N2O5S/c1-13-16(6-5-7-17(13)22(3)28(4,24)25)20(23)21-14(2)15-8-9-18-19(12-15)27-11-10-26-18/h5-9,12,14H,10-11H2,1-4H3,(H,21,23). The first-order valence-corrected chi connectivity index (χ1v) is 10.8. The van der Waals surface area contributed by atoms with Crippen LogP contribution in [0.15, 0.2) is 36.4 Å². The molecule has 0 saturated heterocycles. The van der Waals surface area contributed by atoms with Gasteiger partial charge in [0, 0.05) is 12.6 Å². The Balaban J connectivity index is 1.81. The van der Waals surface area contributed by atoms with Crippen LogP contribution in [0.5, 0.6) is 11.5 Å². The van der Waals surface area contributed by atoms with Gasteiger partial charge >= 0.3 is 0 Å². The fourth-order valence-electron chi connectivity index (χ4n) is 3.08. The fourth-order valence-corrected chi connectivity index (χ4v) is 3.63. The second kappa shape index (κ2) is 7.71. The Bertz CT molecular complexity index is 1000. The molecular formula is C20H24N2O5S. The minimum atomic E-state index is -3.42. The van der Waals surface area contributed by atoms with Crippen molar-refractivity contribution in [2.24, 2.45) is 0 Å². The molecule has 150 valence electrons. The molecule has 2 aromatic rings. The Kier molecular flexibility index (Phi) is 5.51. The number of amides is 1. The highest BCUT2D eigenvalue weighted by Crippen LogP contribution is 2.33. The van der Waals surface area contributed by atoms with Gasteiger partial charge in [-0.2, -0.15) is 0 Å².